The first-order valence-corrected chi connectivity index (χ1v) is 44.5. The monoisotopic (exact) mass is 1450 g/mol. The van der Waals surface area contributed by atoms with Crippen molar-refractivity contribution in [3.8, 4) is 0 Å². The molecule has 19 heteroatoms. The molecule has 0 aliphatic carbocycles. The molecule has 0 rings (SSSR count). The first-order valence-electron chi connectivity index (χ1n) is 41.5. The summed E-state index contributed by atoms with van der Waals surface area (Å²) in [5.74, 6) is -0.646. The van der Waals surface area contributed by atoms with E-state index in [0.717, 1.165) is 108 Å². The molecule has 0 heterocycles. The number of unbranched alkanes of at least 4 members (excludes halogenated alkanes) is 48. The van der Waals surface area contributed by atoms with Crippen molar-refractivity contribution in [2.75, 3.05) is 39.6 Å². The third-order valence-electron chi connectivity index (χ3n) is 19.1. The minimum atomic E-state index is -4.96. The van der Waals surface area contributed by atoms with E-state index >= 15 is 0 Å². The summed E-state index contributed by atoms with van der Waals surface area (Å²) in [6.45, 7) is 9.56. The Labute approximate surface area is 607 Å². The van der Waals surface area contributed by atoms with Crippen molar-refractivity contribution in [1.82, 2.24) is 0 Å². The average Bonchev–Trinajstić information content (AvgIpc) is 0.984. The molecule has 0 amide bonds. The Balaban J connectivity index is 5.22. The third kappa shape index (κ3) is 72.8. The van der Waals surface area contributed by atoms with Gasteiger partial charge in [-0.1, -0.05) is 369 Å². The highest BCUT2D eigenvalue weighted by molar-refractivity contribution is 7.47. The highest BCUT2D eigenvalue weighted by Crippen LogP contribution is 2.45. The first-order chi connectivity index (χ1) is 47.9. The average molecular weight is 1450 g/mol. The lowest BCUT2D eigenvalue weighted by molar-refractivity contribution is -0.161. The fraction of sp³-hybridized carbons (Fsp3) is 0.950. The topological polar surface area (TPSA) is 237 Å². The van der Waals surface area contributed by atoms with E-state index in [1.165, 1.54) is 231 Å². The second-order valence-electron chi connectivity index (χ2n) is 29.5. The summed E-state index contributed by atoms with van der Waals surface area (Å²) < 4.78 is 68.6. The number of hydrogen-bond acceptors (Lipinski definition) is 15. The number of phosphoric ester groups is 2. The van der Waals surface area contributed by atoms with Gasteiger partial charge in [-0.2, -0.15) is 0 Å². The number of rotatable bonds is 79. The van der Waals surface area contributed by atoms with Gasteiger partial charge in [0.25, 0.3) is 0 Å². The van der Waals surface area contributed by atoms with Crippen LogP contribution in [0.25, 0.3) is 0 Å². The number of aliphatic hydroxyl groups excluding tert-OH is 1. The van der Waals surface area contributed by atoms with Crippen LogP contribution >= 0.6 is 15.6 Å². The lowest BCUT2D eigenvalue weighted by Crippen LogP contribution is -2.30. The van der Waals surface area contributed by atoms with Gasteiger partial charge in [0.1, 0.15) is 19.3 Å². The molecule has 0 fully saturated rings. The fourth-order valence-corrected chi connectivity index (χ4v) is 13.9. The van der Waals surface area contributed by atoms with Crippen LogP contribution in [0.1, 0.15) is 420 Å². The van der Waals surface area contributed by atoms with Gasteiger partial charge in [-0.15, -0.1) is 0 Å². The second kappa shape index (κ2) is 71.7. The molecule has 6 atom stereocenters. The molecule has 0 aliphatic rings. The van der Waals surface area contributed by atoms with Gasteiger partial charge >= 0.3 is 39.5 Å². The number of esters is 4. The van der Waals surface area contributed by atoms with Crippen LogP contribution in [0.4, 0.5) is 0 Å². The number of phosphoric acid groups is 2. The predicted octanol–water partition coefficient (Wildman–Crippen LogP) is 23.9. The summed E-state index contributed by atoms with van der Waals surface area (Å²) in [7, 11) is -9.92. The summed E-state index contributed by atoms with van der Waals surface area (Å²) in [5, 5.41) is 10.6. The quantitative estimate of drug-likeness (QED) is 0.0222. The van der Waals surface area contributed by atoms with Crippen LogP contribution in [0.3, 0.4) is 0 Å². The smallest absolute Gasteiger partial charge is 0.462 e. The van der Waals surface area contributed by atoms with Crippen molar-refractivity contribution in [3.05, 3.63) is 0 Å². The van der Waals surface area contributed by atoms with Crippen molar-refractivity contribution >= 4 is 39.5 Å². The highest BCUT2D eigenvalue weighted by atomic mass is 31.2. The zero-order valence-corrected chi connectivity index (χ0v) is 66.6. The second-order valence-corrected chi connectivity index (χ2v) is 32.4. The molecule has 3 N–H and O–H groups in total. The van der Waals surface area contributed by atoms with Crippen LogP contribution in [0.5, 0.6) is 0 Å². The molecule has 0 spiro atoms. The largest absolute Gasteiger partial charge is 0.472 e. The first kappa shape index (κ1) is 97.1. The van der Waals surface area contributed by atoms with E-state index < -0.39 is 97.5 Å². The highest BCUT2D eigenvalue weighted by Gasteiger charge is 2.30. The molecule has 0 aromatic rings. The summed E-state index contributed by atoms with van der Waals surface area (Å²) in [5.41, 5.74) is 0. The molecule has 0 aliphatic heterocycles. The van der Waals surface area contributed by atoms with E-state index in [1.807, 2.05) is 0 Å². The Morgan fingerprint density at radius 3 is 0.768 bits per heavy atom. The molecule has 0 saturated heterocycles. The summed E-state index contributed by atoms with van der Waals surface area (Å²) in [6.07, 6.45) is 61.2. The normalized spacial score (nSPS) is 14.2. The van der Waals surface area contributed by atoms with Gasteiger partial charge in [0.15, 0.2) is 12.2 Å². The van der Waals surface area contributed by atoms with Crippen LogP contribution in [-0.4, -0.2) is 96.7 Å². The van der Waals surface area contributed by atoms with Crippen LogP contribution < -0.4 is 0 Å². The van der Waals surface area contributed by atoms with Gasteiger partial charge in [-0.05, 0) is 37.5 Å². The van der Waals surface area contributed by atoms with Gasteiger partial charge < -0.3 is 33.8 Å². The Bertz CT molecular complexity index is 1910. The molecule has 588 valence electrons. The van der Waals surface area contributed by atoms with Crippen LogP contribution in [0.15, 0.2) is 0 Å². The van der Waals surface area contributed by atoms with Gasteiger partial charge in [0.2, 0.25) is 0 Å². The van der Waals surface area contributed by atoms with E-state index in [4.69, 9.17) is 37.0 Å². The fourth-order valence-electron chi connectivity index (χ4n) is 12.3. The van der Waals surface area contributed by atoms with Crippen LogP contribution in [-0.2, 0) is 65.4 Å². The van der Waals surface area contributed by atoms with Crippen molar-refractivity contribution < 1.29 is 80.2 Å². The maximum atomic E-state index is 13.1. The zero-order chi connectivity index (χ0) is 72.8. The maximum Gasteiger partial charge on any atom is 0.472 e. The molecule has 0 aromatic carbocycles. The molecule has 3 unspecified atom stereocenters. The predicted molar refractivity (Wildman–Crippen MR) is 405 cm³/mol. The minimum absolute atomic E-state index is 0.105. The van der Waals surface area contributed by atoms with Gasteiger partial charge in [-0.3, -0.25) is 37.3 Å². The van der Waals surface area contributed by atoms with Gasteiger partial charge in [0.05, 0.1) is 26.4 Å². The molecular formula is C80H156O17P2. The van der Waals surface area contributed by atoms with E-state index in [1.54, 1.807) is 0 Å². The standard InChI is InChI=1S/C80H156O17P2/c1-7-10-12-14-16-18-20-22-24-26-27-28-29-30-32-34-36-40-44-52-58-64-79(84)96-75(68-90-77(82)62-56-50-43-39-35-33-31-25-23-21-19-17-15-13-11-8-2)70-94-98(86,87)92-66-74(81)67-93-99(88,89)95-71-76(69-91-78(83)63-57-51-47-46-49-55-61-73(6)9-3)97-80(85)65-59-53-45-41-37-38-42-48-54-60-72(4)5/h72-76,81H,7-71H2,1-6H3,(H,86,87)(H,88,89)/t73?,74-,75-,76-/m1/s1. The van der Waals surface area contributed by atoms with Gasteiger partial charge in [0, 0.05) is 25.7 Å². The van der Waals surface area contributed by atoms with Crippen molar-refractivity contribution in [2.45, 2.75) is 439 Å². The van der Waals surface area contributed by atoms with Crippen LogP contribution in [0.2, 0.25) is 0 Å². The SMILES string of the molecule is CCCCCCCCCCCCCCCCCCCCCCCC(=O)O[C@H](COC(=O)CCCCCCCCCCCCCCCCCC)COP(=O)(O)OC[C@@H](O)COP(=O)(O)OC[C@@H](COC(=O)CCCCCCCCC(C)CC)OC(=O)CCCCCCCCCCCC(C)C. The zero-order valence-electron chi connectivity index (χ0n) is 64.8. The molecule has 0 bridgehead atoms. The van der Waals surface area contributed by atoms with E-state index in [9.17, 15) is 43.2 Å². The number of hydrogen-bond donors (Lipinski definition) is 3. The van der Waals surface area contributed by atoms with Crippen molar-refractivity contribution in [2.24, 2.45) is 11.8 Å². The van der Waals surface area contributed by atoms with E-state index in [2.05, 4.69) is 41.5 Å². The maximum absolute atomic E-state index is 13.1. The Morgan fingerprint density at radius 2 is 0.515 bits per heavy atom. The van der Waals surface area contributed by atoms with Crippen molar-refractivity contribution in [1.29, 1.82) is 0 Å². The van der Waals surface area contributed by atoms with Crippen LogP contribution in [0, 0.1) is 11.8 Å². The molecule has 0 radical (unpaired) electrons. The summed E-state index contributed by atoms with van der Waals surface area (Å²) in [6, 6.07) is 0. The molecule has 17 nitrogen and oxygen atoms in total. The lowest BCUT2D eigenvalue weighted by atomic mass is 10.00. The molecule has 0 saturated carbocycles. The van der Waals surface area contributed by atoms with E-state index in [-0.39, 0.29) is 25.7 Å². The third-order valence-corrected chi connectivity index (χ3v) is 21.0. The minimum Gasteiger partial charge on any atom is -0.462 e. The van der Waals surface area contributed by atoms with Gasteiger partial charge in [-0.25, -0.2) is 9.13 Å². The molecule has 99 heavy (non-hydrogen) atoms. The Kier molecular flexibility index (Phi) is 70.3. The van der Waals surface area contributed by atoms with E-state index in [0.29, 0.717) is 25.7 Å². The van der Waals surface area contributed by atoms with Crippen molar-refractivity contribution in [3.63, 3.8) is 0 Å². The molecule has 0 aromatic heterocycles. The molecular weight excluding hydrogens is 1290 g/mol. The summed E-state index contributed by atoms with van der Waals surface area (Å²) >= 11 is 0. The number of aliphatic hydroxyl groups is 1. The lowest BCUT2D eigenvalue weighted by Gasteiger charge is -2.21. The Morgan fingerprint density at radius 1 is 0.293 bits per heavy atom. The number of carbonyl (C=O) groups excluding carboxylic acids is 4. The number of carbonyl (C=O) groups is 4. The summed E-state index contributed by atoms with van der Waals surface area (Å²) in [4.78, 5) is 72.9. The Hall–Kier alpha value is -1.94. The number of ether oxygens (including phenoxy) is 4.